The second-order valence-electron chi connectivity index (χ2n) is 4.87. The first-order valence-corrected chi connectivity index (χ1v) is 7.08. The Labute approximate surface area is 125 Å². The van der Waals surface area contributed by atoms with E-state index in [0.29, 0.717) is 5.02 Å². The average molecular weight is 345 g/mol. The summed E-state index contributed by atoms with van der Waals surface area (Å²) in [6.07, 6.45) is 0.870. The molecule has 102 valence electrons. The van der Waals surface area contributed by atoms with Gasteiger partial charge in [0.25, 0.3) is 0 Å². The van der Waals surface area contributed by atoms with Crippen LogP contribution in [0.1, 0.15) is 19.4 Å². The highest BCUT2D eigenvalue weighted by Gasteiger charge is 2.41. The molecule has 6 heteroatoms. The van der Waals surface area contributed by atoms with Gasteiger partial charge in [0.15, 0.2) is 5.96 Å². The van der Waals surface area contributed by atoms with Crippen molar-refractivity contribution in [2.45, 2.75) is 25.4 Å². The van der Waals surface area contributed by atoms with Crippen molar-refractivity contribution in [1.29, 1.82) is 0 Å². The molecule has 0 amide bonds. The molecule has 3 N–H and O–H groups in total. The van der Waals surface area contributed by atoms with Crippen LogP contribution in [-0.4, -0.2) is 18.3 Å². The standard InChI is InChI=1S/C13H15BrClN3O/c1-7-11(6-19)17-12(16)18-13(7,2)8-3-4-10(15)9(14)5-8/h3-7,11H,1-2H3,(H3,16,17,18). The Balaban J connectivity index is 2.52. The molecule has 4 nitrogen and oxygen atoms in total. The lowest BCUT2D eigenvalue weighted by molar-refractivity contribution is -0.111. The highest BCUT2D eigenvalue weighted by atomic mass is 79.9. The number of hydrogen-bond acceptors (Lipinski definition) is 4. The molecule has 2 rings (SSSR count). The first-order chi connectivity index (χ1) is 8.88. The summed E-state index contributed by atoms with van der Waals surface area (Å²) in [5, 5.41) is 3.53. The lowest BCUT2D eigenvalue weighted by Crippen LogP contribution is -2.55. The third-order valence-corrected chi connectivity index (χ3v) is 4.96. The van der Waals surface area contributed by atoms with Gasteiger partial charge in [-0.3, -0.25) is 0 Å². The average Bonchev–Trinajstić information content (AvgIpc) is 2.37. The summed E-state index contributed by atoms with van der Waals surface area (Å²) in [5.74, 6) is 0.258. The normalized spacial score (nSPS) is 30.4. The molecular weight excluding hydrogens is 330 g/mol. The molecule has 0 radical (unpaired) electrons. The summed E-state index contributed by atoms with van der Waals surface area (Å²) < 4.78 is 0.801. The number of aliphatic imine (C=N–C) groups is 1. The minimum Gasteiger partial charge on any atom is -0.370 e. The van der Waals surface area contributed by atoms with Gasteiger partial charge in [0.2, 0.25) is 0 Å². The van der Waals surface area contributed by atoms with E-state index in [1.807, 2.05) is 32.0 Å². The summed E-state index contributed by atoms with van der Waals surface area (Å²) in [6, 6.07) is 5.29. The summed E-state index contributed by atoms with van der Waals surface area (Å²) in [7, 11) is 0. The van der Waals surface area contributed by atoms with Gasteiger partial charge < -0.3 is 15.8 Å². The van der Waals surface area contributed by atoms with Crippen molar-refractivity contribution < 1.29 is 4.79 Å². The SMILES string of the molecule is CC1C(C=O)NC(N)=NC1(C)c1ccc(Cl)c(Br)c1. The van der Waals surface area contributed by atoms with Crippen LogP contribution in [0.3, 0.4) is 0 Å². The van der Waals surface area contributed by atoms with Gasteiger partial charge in [0.05, 0.1) is 16.6 Å². The fourth-order valence-corrected chi connectivity index (χ4v) is 2.82. The third kappa shape index (κ3) is 2.49. The highest BCUT2D eigenvalue weighted by molar-refractivity contribution is 9.10. The zero-order valence-electron chi connectivity index (χ0n) is 10.7. The lowest BCUT2D eigenvalue weighted by Gasteiger charge is -2.40. The zero-order valence-corrected chi connectivity index (χ0v) is 13.0. The van der Waals surface area contributed by atoms with Gasteiger partial charge in [0.1, 0.15) is 6.29 Å². The molecule has 0 aromatic heterocycles. The minimum absolute atomic E-state index is 0.0228. The first kappa shape index (κ1) is 14.3. The van der Waals surface area contributed by atoms with Crippen LogP contribution in [-0.2, 0) is 10.3 Å². The molecule has 0 aliphatic carbocycles. The number of nitrogens with two attached hydrogens (primary N) is 1. The number of halogens is 2. The Morgan fingerprint density at radius 3 is 2.84 bits per heavy atom. The van der Waals surface area contributed by atoms with Gasteiger partial charge in [-0.1, -0.05) is 24.6 Å². The lowest BCUT2D eigenvalue weighted by atomic mass is 9.76. The molecular formula is C13H15BrClN3O. The molecule has 1 heterocycles. The Bertz CT molecular complexity index is 549. The van der Waals surface area contributed by atoms with Gasteiger partial charge in [-0.05, 0) is 40.5 Å². The first-order valence-electron chi connectivity index (χ1n) is 5.91. The fourth-order valence-electron chi connectivity index (χ4n) is 2.32. The van der Waals surface area contributed by atoms with Crippen molar-refractivity contribution in [3.8, 4) is 0 Å². The van der Waals surface area contributed by atoms with E-state index in [-0.39, 0.29) is 17.9 Å². The second kappa shape index (κ2) is 5.13. The van der Waals surface area contributed by atoms with Gasteiger partial charge >= 0.3 is 0 Å². The molecule has 3 atom stereocenters. The number of rotatable bonds is 2. The van der Waals surface area contributed by atoms with Crippen molar-refractivity contribution in [3.63, 3.8) is 0 Å². The Morgan fingerprint density at radius 2 is 2.26 bits per heavy atom. The van der Waals surface area contributed by atoms with Crippen LogP contribution < -0.4 is 11.1 Å². The van der Waals surface area contributed by atoms with E-state index in [2.05, 4.69) is 26.2 Å². The van der Waals surface area contributed by atoms with Crippen molar-refractivity contribution in [3.05, 3.63) is 33.3 Å². The monoisotopic (exact) mass is 343 g/mol. The van der Waals surface area contributed by atoms with E-state index in [1.165, 1.54) is 0 Å². The zero-order chi connectivity index (χ0) is 14.2. The number of benzene rings is 1. The Hall–Kier alpha value is -1.07. The molecule has 1 aromatic rings. The predicted octanol–water partition coefficient (Wildman–Crippen LogP) is 2.44. The molecule has 1 aliphatic heterocycles. The van der Waals surface area contributed by atoms with Gasteiger partial charge in [-0.2, -0.15) is 0 Å². The maximum Gasteiger partial charge on any atom is 0.190 e. The van der Waals surface area contributed by atoms with Crippen molar-refractivity contribution >= 4 is 39.8 Å². The minimum atomic E-state index is -0.561. The second-order valence-corrected chi connectivity index (χ2v) is 6.13. The van der Waals surface area contributed by atoms with Crippen LogP contribution >= 0.6 is 27.5 Å². The smallest absolute Gasteiger partial charge is 0.190 e. The Morgan fingerprint density at radius 1 is 1.58 bits per heavy atom. The number of nitrogens with zero attached hydrogens (tertiary/aromatic N) is 1. The highest BCUT2D eigenvalue weighted by Crippen LogP contribution is 2.39. The van der Waals surface area contributed by atoms with Crippen molar-refractivity contribution in [2.24, 2.45) is 16.6 Å². The number of hydrogen-bond donors (Lipinski definition) is 2. The van der Waals surface area contributed by atoms with Crippen LogP contribution in [0.15, 0.2) is 27.7 Å². The molecule has 0 saturated heterocycles. The molecule has 1 aliphatic rings. The van der Waals surface area contributed by atoms with E-state index >= 15 is 0 Å². The van der Waals surface area contributed by atoms with Crippen LogP contribution in [0, 0.1) is 5.92 Å². The number of aldehydes is 1. The summed E-state index contributed by atoms with van der Waals surface area (Å²) in [4.78, 5) is 15.6. The maximum atomic E-state index is 11.2. The van der Waals surface area contributed by atoms with Crippen molar-refractivity contribution in [1.82, 2.24) is 5.32 Å². The fraction of sp³-hybridized carbons (Fsp3) is 0.385. The van der Waals surface area contributed by atoms with Crippen LogP contribution in [0.5, 0.6) is 0 Å². The quantitative estimate of drug-likeness (QED) is 0.810. The largest absolute Gasteiger partial charge is 0.370 e. The summed E-state index contributed by atoms with van der Waals surface area (Å²) >= 11 is 9.42. The maximum absolute atomic E-state index is 11.2. The number of carbonyl (C=O) groups excluding carboxylic acids is 1. The number of nitrogens with one attached hydrogen (secondary N) is 1. The molecule has 0 spiro atoms. The van der Waals surface area contributed by atoms with Gasteiger partial charge in [-0.15, -0.1) is 0 Å². The van der Waals surface area contributed by atoms with Crippen LogP contribution in [0.25, 0.3) is 0 Å². The van der Waals surface area contributed by atoms with Crippen molar-refractivity contribution in [2.75, 3.05) is 0 Å². The molecule has 1 aromatic carbocycles. The molecule has 3 unspecified atom stereocenters. The molecule has 0 fully saturated rings. The van der Waals surface area contributed by atoms with Crippen LogP contribution in [0.2, 0.25) is 5.02 Å². The summed E-state index contributed by atoms with van der Waals surface area (Å²) in [5.41, 5.74) is 6.19. The molecule has 19 heavy (non-hydrogen) atoms. The van der Waals surface area contributed by atoms with E-state index in [0.717, 1.165) is 16.3 Å². The molecule has 0 bridgehead atoms. The van der Waals surface area contributed by atoms with E-state index in [9.17, 15) is 4.79 Å². The topological polar surface area (TPSA) is 67.5 Å². The number of carbonyl (C=O) groups is 1. The van der Waals surface area contributed by atoms with Crippen LogP contribution in [0.4, 0.5) is 0 Å². The van der Waals surface area contributed by atoms with E-state index in [4.69, 9.17) is 17.3 Å². The summed E-state index contributed by atoms with van der Waals surface area (Å²) in [6.45, 7) is 3.95. The van der Waals surface area contributed by atoms with Gasteiger partial charge in [-0.25, -0.2) is 4.99 Å². The number of guanidine groups is 1. The predicted molar refractivity (Wildman–Crippen MR) is 80.3 cm³/mol. The molecule has 0 saturated carbocycles. The van der Waals surface area contributed by atoms with E-state index < -0.39 is 5.54 Å². The third-order valence-electron chi connectivity index (χ3n) is 3.74. The van der Waals surface area contributed by atoms with Gasteiger partial charge in [0, 0.05) is 10.4 Å². The van der Waals surface area contributed by atoms with E-state index in [1.54, 1.807) is 0 Å². The Kier molecular flexibility index (Phi) is 3.87.